The highest BCUT2D eigenvalue weighted by atomic mass is 19.1. The lowest BCUT2D eigenvalue weighted by molar-refractivity contribution is 0.627. The molecular weight excluding hydrogens is 129 g/mol. The van der Waals surface area contributed by atoms with Gasteiger partial charge in [0, 0.05) is 5.69 Å². The molecule has 0 saturated carbocycles. The van der Waals surface area contributed by atoms with Crippen LogP contribution in [-0.4, -0.2) is 0 Å². The van der Waals surface area contributed by atoms with Gasteiger partial charge in [0.2, 0.25) is 0 Å². The Morgan fingerprint density at radius 3 is 2.40 bits per heavy atom. The molecule has 0 aromatic heterocycles. The van der Waals surface area contributed by atoms with Crippen LogP contribution < -0.4 is 5.73 Å². The van der Waals surface area contributed by atoms with Crippen LogP contribution in [0.15, 0.2) is 12.1 Å². The summed E-state index contributed by atoms with van der Waals surface area (Å²) in [6.07, 6.45) is 0. The van der Waals surface area contributed by atoms with Gasteiger partial charge in [0.1, 0.15) is 5.82 Å². The third-order valence-electron chi connectivity index (χ3n) is 1.67. The molecule has 2 N–H and O–H groups in total. The highest BCUT2D eigenvalue weighted by Crippen LogP contribution is 2.16. The Morgan fingerprint density at radius 2 is 1.90 bits per heavy atom. The van der Waals surface area contributed by atoms with E-state index in [9.17, 15) is 4.39 Å². The summed E-state index contributed by atoms with van der Waals surface area (Å²) in [5.74, 6) is -0.263. The fraction of sp³-hybridized carbons (Fsp3) is 0.250. The standard InChI is InChI=1S/C8H10FN/c1-5-3-7(9)4-8(10)6(5)2/h3-4H,10H2,1-2H3. The predicted octanol–water partition coefficient (Wildman–Crippen LogP) is 2.02. The highest BCUT2D eigenvalue weighted by molar-refractivity contribution is 5.49. The molecule has 0 aliphatic carbocycles. The highest BCUT2D eigenvalue weighted by Gasteiger charge is 1.99. The van der Waals surface area contributed by atoms with Crippen LogP contribution in [0.2, 0.25) is 0 Å². The molecule has 0 spiro atoms. The maximum atomic E-state index is 12.5. The topological polar surface area (TPSA) is 26.0 Å². The summed E-state index contributed by atoms with van der Waals surface area (Å²) in [7, 11) is 0. The maximum absolute atomic E-state index is 12.5. The summed E-state index contributed by atoms with van der Waals surface area (Å²) < 4.78 is 12.5. The smallest absolute Gasteiger partial charge is 0.125 e. The third kappa shape index (κ3) is 1.10. The van der Waals surface area contributed by atoms with Crippen molar-refractivity contribution in [3.63, 3.8) is 0 Å². The molecule has 0 atom stereocenters. The van der Waals surface area contributed by atoms with E-state index in [4.69, 9.17) is 5.73 Å². The van der Waals surface area contributed by atoms with E-state index in [-0.39, 0.29) is 5.82 Å². The molecule has 1 rings (SSSR count). The second-order valence-corrected chi connectivity index (χ2v) is 2.44. The Balaban J connectivity index is 3.31. The summed E-state index contributed by atoms with van der Waals surface area (Å²) in [4.78, 5) is 0. The Bertz CT molecular complexity index is 232. The van der Waals surface area contributed by atoms with Gasteiger partial charge in [-0.05, 0) is 37.1 Å². The van der Waals surface area contributed by atoms with Crippen molar-refractivity contribution >= 4 is 5.69 Å². The second kappa shape index (κ2) is 2.29. The summed E-state index contributed by atoms with van der Waals surface area (Å²) >= 11 is 0. The number of anilines is 1. The molecule has 0 unspecified atom stereocenters. The van der Waals surface area contributed by atoms with Gasteiger partial charge in [-0.2, -0.15) is 0 Å². The molecule has 0 heterocycles. The average molecular weight is 139 g/mol. The number of aryl methyl sites for hydroxylation is 1. The molecule has 0 saturated heterocycles. The fourth-order valence-electron chi connectivity index (χ4n) is 0.841. The van der Waals surface area contributed by atoms with Crippen LogP contribution in [0.25, 0.3) is 0 Å². The number of nitrogens with two attached hydrogens (primary N) is 1. The fourth-order valence-corrected chi connectivity index (χ4v) is 0.841. The number of halogens is 1. The van der Waals surface area contributed by atoms with E-state index in [1.165, 1.54) is 12.1 Å². The van der Waals surface area contributed by atoms with Crippen LogP contribution in [0.3, 0.4) is 0 Å². The first kappa shape index (κ1) is 7.06. The predicted molar refractivity (Wildman–Crippen MR) is 40.3 cm³/mol. The molecule has 0 aliphatic rings. The van der Waals surface area contributed by atoms with E-state index in [0.717, 1.165) is 11.1 Å². The van der Waals surface area contributed by atoms with Gasteiger partial charge in [-0.3, -0.25) is 0 Å². The maximum Gasteiger partial charge on any atom is 0.125 e. The molecule has 1 aromatic carbocycles. The molecule has 10 heavy (non-hydrogen) atoms. The molecule has 0 bridgehead atoms. The number of benzene rings is 1. The van der Waals surface area contributed by atoms with Gasteiger partial charge in [0.25, 0.3) is 0 Å². The first-order valence-electron chi connectivity index (χ1n) is 3.13. The van der Waals surface area contributed by atoms with Crippen LogP contribution in [0, 0.1) is 19.7 Å². The van der Waals surface area contributed by atoms with Crippen molar-refractivity contribution in [2.24, 2.45) is 0 Å². The molecule has 0 amide bonds. The van der Waals surface area contributed by atoms with Crippen LogP contribution in [0.4, 0.5) is 10.1 Å². The Morgan fingerprint density at radius 1 is 1.30 bits per heavy atom. The summed E-state index contributed by atoms with van der Waals surface area (Å²) in [5.41, 5.74) is 7.87. The van der Waals surface area contributed by atoms with Crippen LogP contribution in [-0.2, 0) is 0 Å². The van der Waals surface area contributed by atoms with Crippen molar-refractivity contribution in [2.45, 2.75) is 13.8 Å². The van der Waals surface area contributed by atoms with Crippen molar-refractivity contribution in [1.29, 1.82) is 0 Å². The van der Waals surface area contributed by atoms with E-state index in [0.29, 0.717) is 5.69 Å². The van der Waals surface area contributed by atoms with Gasteiger partial charge in [-0.15, -0.1) is 0 Å². The van der Waals surface area contributed by atoms with E-state index < -0.39 is 0 Å². The first-order valence-corrected chi connectivity index (χ1v) is 3.13. The lowest BCUT2D eigenvalue weighted by Crippen LogP contribution is -1.93. The normalized spacial score (nSPS) is 9.90. The minimum absolute atomic E-state index is 0.263. The SMILES string of the molecule is Cc1cc(F)cc(N)c1C. The number of nitrogen functional groups attached to an aromatic ring is 1. The zero-order valence-corrected chi connectivity index (χ0v) is 6.11. The molecule has 2 heteroatoms. The van der Waals surface area contributed by atoms with E-state index in [2.05, 4.69) is 0 Å². The van der Waals surface area contributed by atoms with Crippen molar-refractivity contribution in [3.8, 4) is 0 Å². The number of hydrogen-bond acceptors (Lipinski definition) is 1. The van der Waals surface area contributed by atoms with Crippen LogP contribution in [0.5, 0.6) is 0 Å². The minimum atomic E-state index is -0.263. The van der Waals surface area contributed by atoms with Crippen molar-refractivity contribution in [2.75, 3.05) is 5.73 Å². The summed E-state index contributed by atoms with van der Waals surface area (Å²) in [6.45, 7) is 3.72. The largest absolute Gasteiger partial charge is 0.398 e. The Kier molecular flexibility index (Phi) is 1.62. The molecule has 1 aromatic rings. The minimum Gasteiger partial charge on any atom is -0.398 e. The third-order valence-corrected chi connectivity index (χ3v) is 1.67. The quantitative estimate of drug-likeness (QED) is 0.547. The van der Waals surface area contributed by atoms with Crippen LogP contribution >= 0.6 is 0 Å². The van der Waals surface area contributed by atoms with Gasteiger partial charge < -0.3 is 5.73 Å². The van der Waals surface area contributed by atoms with Crippen LogP contribution in [0.1, 0.15) is 11.1 Å². The number of hydrogen-bond donors (Lipinski definition) is 1. The van der Waals surface area contributed by atoms with Gasteiger partial charge in [-0.1, -0.05) is 0 Å². The van der Waals surface area contributed by atoms with Gasteiger partial charge >= 0.3 is 0 Å². The molecule has 1 nitrogen and oxygen atoms in total. The van der Waals surface area contributed by atoms with Gasteiger partial charge in [-0.25, -0.2) is 4.39 Å². The Hall–Kier alpha value is -1.05. The first-order chi connectivity index (χ1) is 4.61. The molecule has 0 radical (unpaired) electrons. The molecule has 0 fully saturated rings. The molecule has 54 valence electrons. The van der Waals surface area contributed by atoms with Gasteiger partial charge in [0.05, 0.1) is 0 Å². The van der Waals surface area contributed by atoms with Crippen molar-refractivity contribution in [1.82, 2.24) is 0 Å². The molecular formula is C8H10FN. The van der Waals surface area contributed by atoms with Crippen molar-refractivity contribution < 1.29 is 4.39 Å². The second-order valence-electron chi connectivity index (χ2n) is 2.44. The molecule has 0 aliphatic heterocycles. The number of rotatable bonds is 0. The van der Waals surface area contributed by atoms with Gasteiger partial charge in [0.15, 0.2) is 0 Å². The lowest BCUT2D eigenvalue weighted by atomic mass is 10.1. The lowest BCUT2D eigenvalue weighted by Gasteiger charge is -2.02. The zero-order valence-electron chi connectivity index (χ0n) is 6.11. The van der Waals surface area contributed by atoms with E-state index >= 15 is 0 Å². The Labute approximate surface area is 59.7 Å². The summed E-state index contributed by atoms with van der Waals surface area (Å²) in [5, 5.41) is 0. The van der Waals surface area contributed by atoms with Crippen molar-refractivity contribution in [3.05, 3.63) is 29.1 Å². The monoisotopic (exact) mass is 139 g/mol. The average Bonchev–Trinajstić information content (AvgIpc) is 1.82. The summed E-state index contributed by atoms with van der Waals surface area (Å²) in [6, 6.07) is 2.81. The zero-order chi connectivity index (χ0) is 7.72. The van der Waals surface area contributed by atoms with E-state index in [1.807, 2.05) is 13.8 Å². The van der Waals surface area contributed by atoms with E-state index in [1.54, 1.807) is 0 Å².